The normalized spacial score (nSPS) is 10.4. The zero-order chi connectivity index (χ0) is 15.1. The van der Waals surface area contributed by atoms with Gasteiger partial charge in [-0.1, -0.05) is 30.3 Å². The molecule has 0 aliphatic heterocycles. The molecular weight excluding hydrogens is 286 g/mol. The van der Waals surface area contributed by atoms with E-state index in [1.807, 2.05) is 42.5 Å². The Bertz CT molecular complexity index is 599. The fourth-order valence-corrected chi connectivity index (χ4v) is 2.81. The summed E-state index contributed by atoms with van der Waals surface area (Å²) in [6, 6.07) is 15.4. The minimum atomic E-state index is -0.310. The Kier molecular flexibility index (Phi) is 5.80. The van der Waals surface area contributed by atoms with Crippen LogP contribution in [0.5, 0.6) is 0 Å². The van der Waals surface area contributed by atoms with E-state index in [2.05, 4.69) is 5.48 Å². The number of carbonyl (C=O) groups is 1. The van der Waals surface area contributed by atoms with Crippen LogP contribution < -0.4 is 5.48 Å². The van der Waals surface area contributed by atoms with Crippen molar-refractivity contribution in [1.29, 1.82) is 0 Å². The monoisotopic (exact) mass is 303 g/mol. The Hall–Kier alpha value is -1.82. The van der Waals surface area contributed by atoms with Gasteiger partial charge in [-0.3, -0.25) is 0 Å². The first-order valence-electron chi connectivity index (χ1n) is 6.49. The van der Waals surface area contributed by atoms with Gasteiger partial charge < -0.3 is 9.94 Å². The van der Waals surface area contributed by atoms with E-state index in [4.69, 9.17) is 9.94 Å². The largest absolute Gasteiger partial charge is 0.465 e. The van der Waals surface area contributed by atoms with Crippen LogP contribution in [0.1, 0.15) is 21.5 Å². The molecule has 2 aromatic carbocycles. The van der Waals surface area contributed by atoms with Gasteiger partial charge in [0.25, 0.3) is 0 Å². The molecular formula is C16H17NO3S. The highest BCUT2D eigenvalue weighted by Gasteiger charge is 2.10. The number of ether oxygens (including phenoxy) is 1. The molecule has 0 heterocycles. The van der Waals surface area contributed by atoms with Crippen molar-refractivity contribution < 1.29 is 14.7 Å². The van der Waals surface area contributed by atoms with Gasteiger partial charge in [-0.25, -0.2) is 10.3 Å². The standard InChI is InChI=1S/C16H17NO3S/c1-20-16(18)15-5-3-2-4-13(15)11-21-14-8-6-12(7-9-14)10-17-19/h2-9,17,19H,10-11H2,1H3. The number of hydrogen-bond acceptors (Lipinski definition) is 5. The summed E-state index contributed by atoms with van der Waals surface area (Å²) in [5.41, 5.74) is 4.70. The van der Waals surface area contributed by atoms with Crippen LogP contribution in [0.3, 0.4) is 0 Å². The van der Waals surface area contributed by atoms with E-state index >= 15 is 0 Å². The number of carbonyl (C=O) groups excluding carboxylic acids is 1. The average molecular weight is 303 g/mol. The van der Waals surface area contributed by atoms with Crippen molar-refractivity contribution in [2.75, 3.05) is 7.11 Å². The third kappa shape index (κ3) is 4.32. The Balaban J connectivity index is 2.04. The molecule has 0 saturated carbocycles. The van der Waals surface area contributed by atoms with Gasteiger partial charge in [-0.05, 0) is 29.3 Å². The summed E-state index contributed by atoms with van der Waals surface area (Å²) in [4.78, 5) is 12.8. The Labute approximate surface area is 128 Å². The van der Waals surface area contributed by atoms with Crippen molar-refractivity contribution in [3.63, 3.8) is 0 Å². The smallest absolute Gasteiger partial charge is 0.338 e. The van der Waals surface area contributed by atoms with Gasteiger partial charge in [0.15, 0.2) is 0 Å². The van der Waals surface area contributed by atoms with Crippen molar-refractivity contribution in [2.24, 2.45) is 0 Å². The summed E-state index contributed by atoms with van der Waals surface area (Å²) in [6.07, 6.45) is 0. The molecule has 0 aromatic heterocycles. The number of benzene rings is 2. The minimum Gasteiger partial charge on any atom is -0.465 e. The summed E-state index contributed by atoms with van der Waals surface area (Å²) >= 11 is 1.65. The van der Waals surface area contributed by atoms with Crippen molar-refractivity contribution in [3.8, 4) is 0 Å². The van der Waals surface area contributed by atoms with E-state index in [-0.39, 0.29) is 5.97 Å². The van der Waals surface area contributed by atoms with Crippen molar-refractivity contribution >= 4 is 17.7 Å². The quantitative estimate of drug-likeness (QED) is 0.487. The molecule has 0 fully saturated rings. The number of nitrogens with one attached hydrogen (secondary N) is 1. The van der Waals surface area contributed by atoms with Gasteiger partial charge >= 0.3 is 5.97 Å². The second-order valence-corrected chi connectivity index (χ2v) is 5.46. The molecule has 0 aliphatic carbocycles. The molecule has 21 heavy (non-hydrogen) atoms. The topological polar surface area (TPSA) is 58.6 Å². The van der Waals surface area contributed by atoms with E-state index in [1.165, 1.54) is 7.11 Å². The SMILES string of the molecule is COC(=O)c1ccccc1CSc1ccc(CNO)cc1. The molecule has 2 aromatic rings. The number of hydroxylamine groups is 1. The second-order valence-electron chi connectivity index (χ2n) is 4.42. The molecule has 0 amide bonds. The summed E-state index contributed by atoms with van der Waals surface area (Å²) < 4.78 is 4.79. The van der Waals surface area contributed by atoms with Crippen molar-refractivity contribution in [2.45, 2.75) is 17.2 Å². The van der Waals surface area contributed by atoms with Crippen molar-refractivity contribution in [3.05, 3.63) is 65.2 Å². The van der Waals surface area contributed by atoms with E-state index in [0.29, 0.717) is 17.9 Å². The van der Waals surface area contributed by atoms with Crippen molar-refractivity contribution in [1.82, 2.24) is 5.48 Å². The summed E-state index contributed by atoms with van der Waals surface area (Å²) in [7, 11) is 1.39. The predicted molar refractivity (Wildman–Crippen MR) is 82.4 cm³/mol. The molecule has 0 spiro atoms. The number of thioether (sulfide) groups is 1. The lowest BCUT2D eigenvalue weighted by Crippen LogP contribution is -2.05. The number of rotatable bonds is 6. The Morgan fingerprint density at radius 1 is 1.19 bits per heavy atom. The summed E-state index contributed by atoms with van der Waals surface area (Å²) in [5.74, 6) is 0.388. The molecule has 2 rings (SSSR count). The molecule has 2 N–H and O–H groups in total. The average Bonchev–Trinajstić information content (AvgIpc) is 2.54. The first-order chi connectivity index (χ1) is 10.2. The number of esters is 1. The molecule has 0 bridgehead atoms. The van der Waals surface area contributed by atoms with Gasteiger partial charge in [-0.15, -0.1) is 11.8 Å². The third-order valence-electron chi connectivity index (χ3n) is 3.02. The lowest BCUT2D eigenvalue weighted by atomic mass is 10.1. The third-order valence-corrected chi connectivity index (χ3v) is 4.08. The van der Waals surface area contributed by atoms with Crippen LogP contribution in [0.25, 0.3) is 0 Å². The molecule has 0 aliphatic rings. The second kappa shape index (κ2) is 7.83. The summed E-state index contributed by atoms with van der Waals surface area (Å²) in [6.45, 7) is 0.427. The highest BCUT2D eigenvalue weighted by atomic mass is 32.2. The fourth-order valence-electron chi connectivity index (χ4n) is 1.91. The molecule has 110 valence electrons. The lowest BCUT2D eigenvalue weighted by molar-refractivity contribution is 0.0600. The van der Waals surface area contributed by atoms with E-state index in [9.17, 15) is 4.79 Å². The van der Waals surface area contributed by atoms with Crippen LogP contribution >= 0.6 is 11.8 Å². The molecule has 5 heteroatoms. The lowest BCUT2D eigenvalue weighted by Gasteiger charge is -2.08. The van der Waals surface area contributed by atoms with Crippen LogP contribution in [0.4, 0.5) is 0 Å². The van der Waals surface area contributed by atoms with Crippen LogP contribution in [0.2, 0.25) is 0 Å². The first-order valence-corrected chi connectivity index (χ1v) is 7.48. The van der Waals surface area contributed by atoms with Crippen LogP contribution in [-0.2, 0) is 17.0 Å². The van der Waals surface area contributed by atoms with Gasteiger partial charge in [0.05, 0.1) is 12.7 Å². The number of hydrogen-bond donors (Lipinski definition) is 2. The Morgan fingerprint density at radius 3 is 2.57 bits per heavy atom. The van der Waals surface area contributed by atoms with E-state index in [1.54, 1.807) is 17.8 Å². The van der Waals surface area contributed by atoms with Gasteiger partial charge in [0.2, 0.25) is 0 Å². The molecule has 0 unspecified atom stereocenters. The highest BCUT2D eigenvalue weighted by Crippen LogP contribution is 2.25. The van der Waals surface area contributed by atoms with Gasteiger partial charge in [0.1, 0.15) is 0 Å². The fraction of sp³-hybridized carbons (Fsp3) is 0.188. The minimum absolute atomic E-state index is 0.310. The zero-order valence-corrected chi connectivity index (χ0v) is 12.5. The molecule has 4 nitrogen and oxygen atoms in total. The maximum atomic E-state index is 11.7. The van der Waals surface area contributed by atoms with Crippen LogP contribution in [0, 0.1) is 0 Å². The van der Waals surface area contributed by atoms with Gasteiger partial charge in [0, 0.05) is 17.2 Å². The first kappa shape index (κ1) is 15.6. The zero-order valence-electron chi connectivity index (χ0n) is 11.7. The number of methoxy groups -OCH3 is 1. The van der Waals surface area contributed by atoms with E-state index in [0.717, 1.165) is 16.0 Å². The highest BCUT2D eigenvalue weighted by molar-refractivity contribution is 7.98. The van der Waals surface area contributed by atoms with E-state index < -0.39 is 0 Å². The molecule has 0 saturated heterocycles. The van der Waals surface area contributed by atoms with Gasteiger partial charge in [-0.2, -0.15) is 0 Å². The maximum absolute atomic E-state index is 11.7. The van der Waals surface area contributed by atoms with Crippen LogP contribution in [-0.4, -0.2) is 18.3 Å². The molecule has 0 radical (unpaired) electrons. The summed E-state index contributed by atoms with van der Waals surface area (Å²) in [5, 5.41) is 8.65. The Morgan fingerprint density at radius 2 is 1.90 bits per heavy atom. The molecule has 0 atom stereocenters. The van der Waals surface area contributed by atoms with Crippen LogP contribution in [0.15, 0.2) is 53.4 Å². The maximum Gasteiger partial charge on any atom is 0.338 e. The predicted octanol–water partition coefficient (Wildman–Crippen LogP) is 3.24.